The van der Waals surface area contributed by atoms with E-state index >= 15 is 0 Å². The second-order valence-electron chi connectivity index (χ2n) is 5.86. The van der Waals surface area contributed by atoms with Crippen LogP contribution in [0.15, 0.2) is 0 Å². The van der Waals surface area contributed by atoms with Crippen LogP contribution in [0.4, 0.5) is 0 Å². The van der Waals surface area contributed by atoms with E-state index in [9.17, 15) is 14.9 Å². The maximum Gasteiger partial charge on any atom is 0.278 e. The molecule has 20 heavy (non-hydrogen) atoms. The van der Waals surface area contributed by atoms with Gasteiger partial charge in [-0.2, -0.15) is 5.26 Å². The van der Waals surface area contributed by atoms with Crippen LogP contribution in [0.1, 0.15) is 32.1 Å². The predicted octanol–water partition coefficient (Wildman–Crippen LogP) is -1.31. The third-order valence-corrected chi connectivity index (χ3v) is 4.52. The maximum absolute atomic E-state index is 12.4. The van der Waals surface area contributed by atoms with Crippen molar-refractivity contribution in [3.05, 3.63) is 0 Å². The molecule has 1 aliphatic heterocycles. The van der Waals surface area contributed by atoms with E-state index in [1.54, 1.807) is 11.9 Å². The van der Waals surface area contributed by atoms with Crippen LogP contribution in [0.2, 0.25) is 0 Å². The molecule has 2 aliphatic rings. The molecule has 0 bridgehead atoms. The van der Waals surface area contributed by atoms with E-state index in [4.69, 9.17) is 0 Å². The van der Waals surface area contributed by atoms with Gasteiger partial charge in [-0.1, -0.05) is 19.3 Å². The van der Waals surface area contributed by atoms with Gasteiger partial charge in [-0.25, -0.2) is 0 Å². The third-order valence-electron chi connectivity index (χ3n) is 4.52. The van der Waals surface area contributed by atoms with Gasteiger partial charge in [0.1, 0.15) is 5.54 Å². The third kappa shape index (κ3) is 3.10. The summed E-state index contributed by atoms with van der Waals surface area (Å²) in [6.07, 6.45) is 4.68. The molecule has 110 valence electrons. The standard InChI is InChI=1S/C14H22N4O2/c1-17(14(11-15)5-3-2-4-6-14)13(20)10-18-8-7-16-12(19)9-18/h2-10H2,1H3,(H,16,19)/p+1. The van der Waals surface area contributed by atoms with Crippen molar-refractivity contribution in [3.8, 4) is 6.07 Å². The maximum atomic E-state index is 12.4. The summed E-state index contributed by atoms with van der Waals surface area (Å²) in [5.41, 5.74) is -0.632. The van der Waals surface area contributed by atoms with Crippen LogP contribution in [0.25, 0.3) is 0 Å². The Morgan fingerprint density at radius 2 is 2.15 bits per heavy atom. The van der Waals surface area contributed by atoms with Crippen molar-refractivity contribution >= 4 is 11.8 Å². The molecule has 2 fully saturated rings. The first-order valence-electron chi connectivity index (χ1n) is 7.35. The zero-order valence-electron chi connectivity index (χ0n) is 12.1. The molecule has 0 radical (unpaired) electrons. The predicted molar refractivity (Wildman–Crippen MR) is 72.8 cm³/mol. The summed E-state index contributed by atoms with van der Waals surface area (Å²) in [6.45, 7) is 2.03. The van der Waals surface area contributed by atoms with Gasteiger partial charge in [0, 0.05) is 7.05 Å². The molecule has 0 spiro atoms. The van der Waals surface area contributed by atoms with Crippen LogP contribution in [-0.2, 0) is 9.59 Å². The summed E-state index contributed by atoms with van der Waals surface area (Å²) in [5, 5.41) is 12.3. The molecule has 0 aromatic rings. The van der Waals surface area contributed by atoms with E-state index < -0.39 is 5.54 Å². The first kappa shape index (κ1) is 14.8. The van der Waals surface area contributed by atoms with E-state index in [2.05, 4.69) is 11.4 Å². The van der Waals surface area contributed by atoms with E-state index in [0.29, 0.717) is 19.6 Å². The van der Waals surface area contributed by atoms with Crippen molar-refractivity contribution in [1.29, 1.82) is 5.26 Å². The molecule has 2 amide bonds. The first-order valence-corrected chi connectivity index (χ1v) is 7.35. The minimum absolute atomic E-state index is 0.00522. The summed E-state index contributed by atoms with van der Waals surface area (Å²) in [7, 11) is 1.74. The zero-order valence-corrected chi connectivity index (χ0v) is 12.1. The Kier molecular flexibility index (Phi) is 4.61. The van der Waals surface area contributed by atoms with E-state index in [0.717, 1.165) is 43.5 Å². The second-order valence-corrected chi connectivity index (χ2v) is 5.86. The van der Waals surface area contributed by atoms with Gasteiger partial charge in [0.2, 0.25) is 0 Å². The minimum atomic E-state index is -0.632. The number of quaternary nitrogens is 1. The van der Waals surface area contributed by atoms with Crippen molar-refractivity contribution in [2.24, 2.45) is 0 Å². The Morgan fingerprint density at radius 3 is 2.75 bits per heavy atom. The Balaban J connectivity index is 1.97. The van der Waals surface area contributed by atoms with Crippen LogP contribution in [0, 0.1) is 11.3 Å². The summed E-state index contributed by atoms with van der Waals surface area (Å²) in [6, 6.07) is 2.36. The van der Waals surface area contributed by atoms with Crippen molar-refractivity contribution in [2.75, 3.05) is 33.2 Å². The monoisotopic (exact) mass is 279 g/mol. The van der Waals surface area contributed by atoms with Gasteiger partial charge in [-0.05, 0) is 12.8 Å². The quantitative estimate of drug-likeness (QED) is 0.673. The van der Waals surface area contributed by atoms with Gasteiger partial charge in [-0.15, -0.1) is 0 Å². The zero-order chi connectivity index (χ0) is 14.6. The SMILES string of the molecule is CN(C(=O)C[NH+]1CCNC(=O)C1)C1(C#N)CCCCC1. The first-order chi connectivity index (χ1) is 9.57. The van der Waals surface area contributed by atoms with Crippen molar-refractivity contribution in [2.45, 2.75) is 37.6 Å². The highest BCUT2D eigenvalue weighted by molar-refractivity contribution is 5.80. The lowest BCUT2D eigenvalue weighted by atomic mass is 9.81. The number of nitriles is 1. The van der Waals surface area contributed by atoms with Crippen LogP contribution in [0.3, 0.4) is 0 Å². The van der Waals surface area contributed by atoms with Gasteiger partial charge in [-0.3, -0.25) is 9.59 Å². The van der Waals surface area contributed by atoms with Crippen LogP contribution >= 0.6 is 0 Å². The number of amides is 2. The fourth-order valence-electron chi connectivity index (χ4n) is 3.14. The van der Waals surface area contributed by atoms with Crippen molar-refractivity contribution in [3.63, 3.8) is 0 Å². The number of piperazine rings is 1. The number of likely N-dealkylation sites (N-methyl/N-ethyl adjacent to an activating group) is 1. The van der Waals surface area contributed by atoms with Gasteiger partial charge in [0.05, 0.1) is 19.2 Å². The van der Waals surface area contributed by atoms with Gasteiger partial charge >= 0.3 is 0 Å². The highest BCUT2D eigenvalue weighted by Gasteiger charge is 2.40. The van der Waals surface area contributed by atoms with Crippen molar-refractivity contribution in [1.82, 2.24) is 10.2 Å². The van der Waals surface area contributed by atoms with Crippen molar-refractivity contribution < 1.29 is 14.5 Å². The summed E-state index contributed by atoms with van der Waals surface area (Å²) >= 11 is 0. The molecule has 1 aliphatic carbocycles. The average Bonchev–Trinajstić information content (AvgIpc) is 2.47. The molecule has 0 aromatic carbocycles. The Morgan fingerprint density at radius 1 is 1.45 bits per heavy atom. The fourth-order valence-corrected chi connectivity index (χ4v) is 3.14. The lowest BCUT2D eigenvalue weighted by Crippen LogP contribution is -3.16. The minimum Gasteiger partial charge on any atom is -0.346 e. The largest absolute Gasteiger partial charge is 0.346 e. The summed E-state index contributed by atoms with van der Waals surface area (Å²) < 4.78 is 0. The lowest BCUT2D eigenvalue weighted by molar-refractivity contribution is -0.885. The van der Waals surface area contributed by atoms with Crippen LogP contribution < -0.4 is 10.2 Å². The summed E-state index contributed by atoms with van der Waals surface area (Å²) in [4.78, 5) is 26.4. The summed E-state index contributed by atoms with van der Waals surface area (Å²) in [5.74, 6) is -0.0347. The normalized spacial score (nSPS) is 25.4. The number of hydrogen-bond donors (Lipinski definition) is 2. The Hall–Kier alpha value is -1.61. The molecule has 1 unspecified atom stereocenters. The van der Waals surface area contributed by atoms with Gasteiger partial charge in [0.15, 0.2) is 13.1 Å². The van der Waals surface area contributed by atoms with E-state index in [1.165, 1.54) is 0 Å². The van der Waals surface area contributed by atoms with E-state index in [-0.39, 0.29) is 11.8 Å². The molecule has 1 saturated carbocycles. The molecule has 2 N–H and O–H groups in total. The highest BCUT2D eigenvalue weighted by Crippen LogP contribution is 2.32. The second kappa shape index (κ2) is 6.23. The van der Waals surface area contributed by atoms with Gasteiger partial charge < -0.3 is 15.1 Å². The number of carbonyl (C=O) groups is 2. The molecule has 2 rings (SSSR count). The number of rotatable bonds is 3. The number of nitrogens with zero attached hydrogens (tertiary/aromatic N) is 2. The molecule has 1 heterocycles. The molecule has 0 aromatic heterocycles. The number of nitrogens with one attached hydrogen (secondary N) is 2. The van der Waals surface area contributed by atoms with E-state index in [1.807, 2.05) is 0 Å². The molecular weight excluding hydrogens is 256 g/mol. The highest BCUT2D eigenvalue weighted by atomic mass is 16.2. The number of carbonyl (C=O) groups excluding carboxylic acids is 2. The smallest absolute Gasteiger partial charge is 0.278 e. The Bertz CT molecular complexity index is 423. The van der Waals surface area contributed by atoms with Crippen LogP contribution in [-0.4, -0.2) is 55.5 Å². The molecular formula is C14H23N4O2+. The topological polar surface area (TPSA) is 77.6 Å². The fraction of sp³-hybridized carbons (Fsp3) is 0.786. The Labute approximate surface area is 119 Å². The van der Waals surface area contributed by atoms with Crippen LogP contribution in [0.5, 0.6) is 0 Å². The molecule has 6 nitrogen and oxygen atoms in total. The molecule has 1 saturated heterocycles. The molecule has 1 atom stereocenters. The number of hydrogen-bond acceptors (Lipinski definition) is 3. The lowest BCUT2D eigenvalue weighted by Gasteiger charge is -2.39. The average molecular weight is 279 g/mol. The van der Waals surface area contributed by atoms with Gasteiger partial charge in [0.25, 0.3) is 11.8 Å². The molecule has 6 heteroatoms.